The van der Waals surface area contributed by atoms with Gasteiger partial charge in [0.25, 0.3) is 17.4 Å². The first-order valence-electron chi connectivity index (χ1n) is 14.2. The molecule has 5 rings (SSSR count). The molecular formula is C29H37F2N7O5. The fourth-order valence-corrected chi connectivity index (χ4v) is 5.54. The summed E-state index contributed by atoms with van der Waals surface area (Å²) >= 11 is 0. The molecule has 232 valence electrons. The second-order valence-electron chi connectivity index (χ2n) is 12.9. The van der Waals surface area contributed by atoms with E-state index in [0.29, 0.717) is 12.8 Å². The van der Waals surface area contributed by atoms with Crippen molar-refractivity contribution in [2.45, 2.75) is 83.4 Å². The molecule has 0 bridgehead atoms. The molecular weight excluding hydrogens is 564 g/mol. The van der Waals surface area contributed by atoms with Crippen molar-refractivity contribution in [3.05, 3.63) is 46.5 Å². The zero-order valence-electron chi connectivity index (χ0n) is 24.9. The number of pyridine rings is 1. The van der Waals surface area contributed by atoms with Gasteiger partial charge in [-0.3, -0.25) is 14.5 Å². The molecule has 3 aromatic rings. The maximum atomic E-state index is 13.5. The Morgan fingerprint density at radius 1 is 1.26 bits per heavy atom. The van der Waals surface area contributed by atoms with Crippen molar-refractivity contribution >= 4 is 35.0 Å². The van der Waals surface area contributed by atoms with Gasteiger partial charge in [0.05, 0.1) is 6.20 Å². The molecule has 12 nitrogen and oxygen atoms in total. The summed E-state index contributed by atoms with van der Waals surface area (Å²) in [6, 6.07) is 3.78. The molecule has 2 aliphatic rings. The van der Waals surface area contributed by atoms with E-state index < -0.39 is 48.0 Å². The molecule has 0 unspecified atom stereocenters. The summed E-state index contributed by atoms with van der Waals surface area (Å²) in [6.07, 6.45) is 3.39. The number of fused-ring (bicyclic) bond motifs is 1. The fourth-order valence-electron chi connectivity index (χ4n) is 5.54. The SMILES string of the molecule is CN(C(=O)OC(C)(C)C)c1cc(Nc2cccn(C3CC(F)(F)C3)c2=O)nc2c(C(=O)N[C@@H]3CC[C@@](C)(CO)C3)cnn12. The molecule has 0 saturated heterocycles. The number of aliphatic hydroxyl groups is 1. The molecule has 3 N–H and O–H groups in total. The van der Waals surface area contributed by atoms with Crippen LogP contribution in [-0.4, -0.2) is 67.5 Å². The summed E-state index contributed by atoms with van der Waals surface area (Å²) in [5.41, 5.74) is -1.22. The quantitative estimate of drug-likeness (QED) is 0.365. The second kappa shape index (κ2) is 10.9. The van der Waals surface area contributed by atoms with Gasteiger partial charge in [-0.05, 0) is 57.6 Å². The highest BCUT2D eigenvalue weighted by molar-refractivity contribution is 6.00. The standard InChI is InChI=1S/C29H37F2N7O5/c1-27(2,3)43-26(42)36(5)22-11-21(34-20-7-6-10-37(25(20)41)18-13-29(30,31)14-18)35-23-19(15-32-38(22)23)24(40)33-17-8-9-28(4,12-17)16-39/h6-7,10-11,15,17-18,39H,8-9,12-14,16H2,1-5H3,(H,33,40)(H,34,35)/t17-,28-/m1/s1. The third kappa shape index (κ3) is 6.33. The molecule has 0 radical (unpaired) electrons. The van der Waals surface area contributed by atoms with Crippen molar-refractivity contribution in [1.82, 2.24) is 24.5 Å². The lowest BCUT2D eigenvalue weighted by Crippen LogP contribution is -2.41. The van der Waals surface area contributed by atoms with Crippen LogP contribution >= 0.6 is 0 Å². The summed E-state index contributed by atoms with van der Waals surface area (Å²) < 4.78 is 35.1. The Bertz CT molecular complexity index is 1610. The van der Waals surface area contributed by atoms with Crippen LogP contribution in [0.25, 0.3) is 5.65 Å². The van der Waals surface area contributed by atoms with Crippen LogP contribution in [0, 0.1) is 5.41 Å². The van der Waals surface area contributed by atoms with Gasteiger partial charge in [-0.15, -0.1) is 0 Å². The number of ether oxygens (including phenoxy) is 1. The first kappa shape index (κ1) is 30.4. The van der Waals surface area contributed by atoms with E-state index in [1.54, 1.807) is 26.8 Å². The molecule has 0 aromatic carbocycles. The number of hydrogen-bond acceptors (Lipinski definition) is 8. The van der Waals surface area contributed by atoms with E-state index in [1.165, 1.54) is 45.6 Å². The predicted molar refractivity (Wildman–Crippen MR) is 155 cm³/mol. The molecule has 2 saturated carbocycles. The Labute approximate surface area is 247 Å². The van der Waals surface area contributed by atoms with Gasteiger partial charge >= 0.3 is 6.09 Å². The average Bonchev–Trinajstić information content (AvgIpc) is 3.50. The Morgan fingerprint density at radius 2 is 1.98 bits per heavy atom. The van der Waals surface area contributed by atoms with E-state index in [2.05, 4.69) is 20.7 Å². The van der Waals surface area contributed by atoms with Crippen molar-refractivity contribution in [1.29, 1.82) is 0 Å². The van der Waals surface area contributed by atoms with Crippen LogP contribution in [0.3, 0.4) is 0 Å². The number of halogens is 2. The third-order valence-corrected chi connectivity index (χ3v) is 7.96. The Kier molecular flexibility index (Phi) is 7.69. The highest BCUT2D eigenvalue weighted by atomic mass is 19.3. The first-order chi connectivity index (χ1) is 20.1. The van der Waals surface area contributed by atoms with Crippen LogP contribution in [0.15, 0.2) is 35.4 Å². The number of nitrogens with one attached hydrogen (secondary N) is 2. The number of anilines is 3. The molecule has 3 aromatic heterocycles. The number of aliphatic hydroxyl groups excluding tert-OH is 1. The Hall–Kier alpha value is -4.07. The largest absolute Gasteiger partial charge is 0.443 e. The van der Waals surface area contributed by atoms with Crippen LogP contribution in [0.4, 0.5) is 30.9 Å². The highest BCUT2D eigenvalue weighted by Gasteiger charge is 2.46. The van der Waals surface area contributed by atoms with Gasteiger partial charge in [-0.25, -0.2) is 18.6 Å². The lowest BCUT2D eigenvalue weighted by Gasteiger charge is -2.36. The van der Waals surface area contributed by atoms with Crippen molar-refractivity contribution in [3.63, 3.8) is 0 Å². The van der Waals surface area contributed by atoms with E-state index in [-0.39, 0.29) is 46.6 Å². The van der Waals surface area contributed by atoms with E-state index >= 15 is 0 Å². The lowest BCUT2D eigenvalue weighted by molar-refractivity contribution is -0.104. The van der Waals surface area contributed by atoms with E-state index in [0.717, 1.165) is 6.42 Å². The van der Waals surface area contributed by atoms with Crippen LogP contribution in [0.2, 0.25) is 0 Å². The maximum Gasteiger partial charge on any atom is 0.415 e. The van der Waals surface area contributed by atoms with Gasteiger partial charge in [0.15, 0.2) is 5.65 Å². The van der Waals surface area contributed by atoms with Gasteiger partial charge in [0, 0.05) is 50.8 Å². The minimum absolute atomic E-state index is 0.0252. The third-order valence-electron chi connectivity index (χ3n) is 7.96. The summed E-state index contributed by atoms with van der Waals surface area (Å²) in [5.74, 6) is -2.90. The molecule has 2 amide bonds. The van der Waals surface area contributed by atoms with E-state index in [9.17, 15) is 28.3 Å². The molecule has 0 spiro atoms. The summed E-state index contributed by atoms with van der Waals surface area (Å²) in [5, 5.41) is 20.0. The number of hydrogen-bond donors (Lipinski definition) is 3. The maximum absolute atomic E-state index is 13.5. The fraction of sp³-hybridized carbons (Fsp3) is 0.552. The first-order valence-corrected chi connectivity index (χ1v) is 14.2. The molecule has 2 fully saturated rings. The lowest BCUT2D eigenvalue weighted by atomic mass is 9.88. The van der Waals surface area contributed by atoms with Gasteiger partial charge < -0.3 is 25.0 Å². The van der Waals surface area contributed by atoms with Gasteiger partial charge in [0.1, 0.15) is 28.5 Å². The number of alkyl halides is 2. The van der Waals surface area contributed by atoms with Gasteiger partial charge in [-0.2, -0.15) is 9.61 Å². The summed E-state index contributed by atoms with van der Waals surface area (Å²) in [4.78, 5) is 45.4. The predicted octanol–water partition coefficient (Wildman–Crippen LogP) is 4.26. The Balaban J connectivity index is 1.51. The monoisotopic (exact) mass is 601 g/mol. The minimum atomic E-state index is -2.80. The molecule has 2 aliphatic carbocycles. The molecule has 43 heavy (non-hydrogen) atoms. The van der Waals surface area contributed by atoms with E-state index in [1.807, 2.05) is 6.92 Å². The number of carbonyl (C=O) groups excluding carboxylic acids is 2. The topological polar surface area (TPSA) is 143 Å². The van der Waals surface area contributed by atoms with Crippen molar-refractivity contribution in [2.75, 3.05) is 23.9 Å². The minimum Gasteiger partial charge on any atom is -0.443 e. The van der Waals surface area contributed by atoms with Crippen molar-refractivity contribution in [3.8, 4) is 0 Å². The number of carbonyl (C=O) groups is 2. The Morgan fingerprint density at radius 3 is 2.60 bits per heavy atom. The summed E-state index contributed by atoms with van der Waals surface area (Å²) in [6.45, 7) is 7.19. The van der Waals surface area contributed by atoms with Crippen LogP contribution in [-0.2, 0) is 4.74 Å². The van der Waals surface area contributed by atoms with Crippen molar-refractivity contribution in [2.24, 2.45) is 5.41 Å². The van der Waals surface area contributed by atoms with Gasteiger partial charge in [0.2, 0.25) is 0 Å². The van der Waals surface area contributed by atoms with Crippen LogP contribution in [0.1, 0.15) is 76.2 Å². The summed E-state index contributed by atoms with van der Waals surface area (Å²) in [7, 11) is 1.48. The number of rotatable bonds is 7. The number of aromatic nitrogens is 4. The second-order valence-corrected chi connectivity index (χ2v) is 12.9. The molecule has 0 aliphatic heterocycles. The van der Waals surface area contributed by atoms with Crippen molar-refractivity contribution < 1.29 is 28.2 Å². The molecule has 14 heteroatoms. The zero-order chi connectivity index (χ0) is 31.3. The molecule has 2 atom stereocenters. The number of nitrogens with zero attached hydrogens (tertiary/aromatic N) is 5. The number of amides is 2. The van der Waals surface area contributed by atoms with Crippen LogP contribution < -0.4 is 21.1 Å². The van der Waals surface area contributed by atoms with E-state index in [4.69, 9.17) is 4.74 Å². The zero-order valence-corrected chi connectivity index (χ0v) is 24.9. The smallest absolute Gasteiger partial charge is 0.415 e. The van der Waals surface area contributed by atoms with Crippen LogP contribution in [0.5, 0.6) is 0 Å². The molecule has 3 heterocycles. The highest BCUT2D eigenvalue weighted by Crippen LogP contribution is 2.45. The average molecular weight is 602 g/mol. The van der Waals surface area contributed by atoms with Gasteiger partial charge in [-0.1, -0.05) is 6.92 Å². The normalized spacial score (nSPS) is 21.8.